The highest BCUT2D eigenvalue weighted by Gasteiger charge is 2.48. The van der Waals surface area contributed by atoms with Crippen LogP contribution in [0, 0.1) is 5.82 Å². The number of carbonyl (C=O) groups is 2. The standard InChI is InChI=1S/C23H26FN3O3/c1-17(28)27-14-21(22(29)25-20-9-5-8-19(24)12-20)30-23(16-27)10-11-26(15-23)13-18-6-3-2-4-7-18/h2-9,12,21H,10-11,13-16H2,1H3,(H,25,29)/t21-,23-/m1/s1. The number of anilines is 1. The lowest BCUT2D eigenvalue weighted by Crippen LogP contribution is -2.60. The van der Waals surface area contributed by atoms with Crippen molar-refractivity contribution in [2.45, 2.75) is 31.6 Å². The maximum atomic E-state index is 13.4. The molecule has 2 aromatic carbocycles. The number of amides is 2. The number of morpholine rings is 1. The molecule has 7 heteroatoms. The van der Waals surface area contributed by atoms with Gasteiger partial charge in [-0.15, -0.1) is 0 Å². The van der Waals surface area contributed by atoms with Crippen LogP contribution in [-0.4, -0.2) is 59.5 Å². The average Bonchev–Trinajstić information content (AvgIpc) is 3.09. The molecular formula is C23H26FN3O3. The minimum atomic E-state index is -0.803. The minimum absolute atomic E-state index is 0.0808. The predicted molar refractivity (Wildman–Crippen MR) is 111 cm³/mol. The van der Waals surface area contributed by atoms with Gasteiger partial charge in [0, 0.05) is 32.2 Å². The molecule has 158 valence electrons. The van der Waals surface area contributed by atoms with Gasteiger partial charge in [0.1, 0.15) is 11.4 Å². The van der Waals surface area contributed by atoms with Crippen LogP contribution < -0.4 is 5.32 Å². The van der Waals surface area contributed by atoms with Crippen molar-refractivity contribution in [2.75, 3.05) is 31.5 Å². The van der Waals surface area contributed by atoms with Gasteiger partial charge in [-0.1, -0.05) is 36.4 Å². The van der Waals surface area contributed by atoms with E-state index in [9.17, 15) is 14.0 Å². The van der Waals surface area contributed by atoms with Crippen molar-refractivity contribution in [3.63, 3.8) is 0 Å². The molecule has 6 nitrogen and oxygen atoms in total. The van der Waals surface area contributed by atoms with E-state index in [0.29, 0.717) is 18.8 Å². The van der Waals surface area contributed by atoms with E-state index in [2.05, 4.69) is 22.3 Å². The van der Waals surface area contributed by atoms with Gasteiger partial charge in [-0.3, -0.25) is 14.5 Å². The van der Waals surface area contributed by atoms with Gasteiger partial charge < -0.3 is 15.0 Å². The number of likely N-dealkylation sites (tertiary alicyclic amines) is 1. The van der Waals surface area contributed by atoms with Crippen LogP contribution in [0.25, 0.3) is 0 Å². The summed E-state index contributed by atoms with van der Waals surface area (Å²) >= 11 is 0. The number of hydrogen-bond acceptors (Lipinski definition) is 4. The van der Waals surface area contributed by atoms with E-state index in [4.69, 9.17) is 4.74 Å². The van der Waals surface area contributed by atoms with Gasteiger partial charge in [-0.2, -0.15) is 0 Å². The fourth-order valence-electron chi connectivity index (χ4n) is 4.28. The Balaban J connectivity index is 1.47. The van der Waals surface area contributed by atoms with Crippen molar-refractivity contribution >= 4 is 17.5 Å². The Morgan fingerprint density at radius 2 is 1.97 bits per heavy atom. The summed E-state index contributed by atoms with van der Waals surface area (Å²) in [6, 6.07) is 15.9. The zero-order valence-electron chi connectivity index (χ0n) is 17.0. The molecule has 0 radical (unpaired) electrons. The molecule has 0 bridgehead atoms. The molecule has 0 aromatic heterocycles. The van der Waals surface area contributed by atoms with Crippen LogP contribution in [0.15, 0.2) is 54.6 Å². The molecule has 2 saturated heterocycles. The highest BCUT2D eigenvalue weighted by Crippen LogP contribution is 2.33. The Labute approximate surface area is 175 Å². The van der Waals surface area contributed by atoms with Gasteiger partial charge in [-0.25, -0.2) is 4.39 Å². The molecule has 2 atom stereocenters. The number of nitrogens with zero attached hydrogens (tertiary/aromatic N) is 2. The molecule has 2 aliphatic heterocycles. The third kappa shape index (κ3) is 4.68. The first-order valence-electron chi connectivity index (χ1n) is 10.2. The largest absolute Gasteiger partial charge is 0.357 e. The molecule has 1 spiro atoms. The predicted octanol–water partition coefficient (Wildman–Crippen LogP) is 2.66. The third-order valence-electron chi connectivity index (χ3n) is 5.73. The summed E-state index contributed by atoms with van der Waals surface area (Å²) in [5.41, 5.74) is 1.01. The summed E-state index contributed by atoms with van der Waals surface area (Å²) in [6.45, 7) is 4.45. The number of hydrogen-bond donors (Lipinski definition) is 1. The number of rotatable bonds is 4. The molecule has 2 aromatic rings. The Kier molecular flexibility index (Phi) is 5.83. The number of carbonyl (C=O) groups excluding carboxylic acids is 2. The summed E-state index contributed by atoms with van der Waals surface area (Å²) in [4.78, 5) is 29.0. The number of benzene rings is 2. The van der Waals surface area contributed by atoms with Crippen LogP contribution >= 0.6 is 0 Å². The van der Waals surface area contributed by atoms with Gasteiger partial charge in [0.25, 0.3) is 5.91 Å². The van der Waals surface area contributed by atoms with E-state index in [1.165, 1.54) is 30.7 Å². The molecule has 4 rings (SSSR count). The first kappa shape index (κ1) is 20.5. The fourth-order valence-corrected chi connectivity index (χ4v) is 4.28. The van der Waals surface area contributed by atoms with Crippen LogP contribution in [0.4, 0.5) is 10.1 Å². The van der Waals surface area contributed by atoms with Crippen LogP contribution in [0.1, 0.15) is 18.9 Å². The van der Waals surface area contributed by atoms with Crippen molar-refractivity contribution in [3.8, 4) is 0 Å². The average molecular weight is 411 g/mol. The van der Waals surface area contributed by atoms with Crippen LogP contribution in [0.5, 0.6) is 0 Å². The zero-order valence-corrected chi connectivity index (χ0v) is 17.0. The SMILES string of the molecule is CC(=O)N1C[C@H](C(=O)Nc2cccc(F)c2)O[C@@]2(CCN(Cc3ccccc3)C2)C1. The van der Waals surface area contributed by atoms with Gasteiger partial charge in [-0.05, 0) is 30.2 Å². The molecule has 2 aliphatic rings. The molecule has 2 heterocycles. The van der Waals surface area contributed by atoms with Crippen LogP contribution in [0.2, 0.25) is 0 Å². The van der Waals surface area contributed by atoms with Gasteiger partial charge in [0.15, 0.2) is 6.10 Å². The van der Waals surface area contributed by atoms with Crippen molar-refractivity contribution in [3.05, 3.63) is 66.0 Å². The maximum absolute atomic E-state index is 13.4. The molecular weight excluding hydrogens is 385 g/mol. The van der Waals surface area contributed by atoms with Crippen molar-refractivity contribution < 1.29 is 18.7 Å². The van der Waals surface area contributed by atoms with E-state index < -0.39 is 17.5 Å². The second-order valence-corrected chi connectivity index (χ2v) is 8.13. The Morgan fingerprint density at radius 3 is 2.70 bits per heavy atom. The lowest BCUT2D eigenvalue weighted by molar-refractivity contribution is -0.171. The highest BCUT2D eigenvalue weighted by atomic mass is 19.1. The topological polar surface area (TPSA) is 61.9 Å². The summed E-state index contributed by atoms with van der Waals surface area (Å²) in [7, 11) is 0. The van der Waals surface area contributed by atoms with Gasteiger partial charge in [0.2, 0.25) is 5.91 Å². The van der Waals surface area contributed by atoms with Crippen molar-refractivity contribution in [1.29, 1.82) is 0 Å². The van der Waals surface area contributed by atoms with E-state index in [1.807, 2.05) is 18.2 Å². The molecule has 0 unspecified atom stereocenters. The number of nitrogens with one attached hydrogen (secondary N) is 1. The number of ether oxygens (including phenoxy) is 1. The Hall–Kier alpha value is -2.77. The lowest BCUT2D eigenvalue weighted by Gasteiger charge is -2.43. The smallest absolute Gasteiger partial charge is 0.255 e. The van der Waals surface area contributed by atoms with Crippen LogP contribution in [0.3, 0.4) is 0 Å². The Bertz CT molecular complexity index is 923. The molecule has 2 fully saturated rings. The highest BCUT2D eigenvalue weighted by molar-refractivity contribution is 5.94. The molecule has 0 aliphatic carbocycles. The summed E-state index contributed by atoms with van der Waals surface area (Å²) in [5.74, 6) is -0.873. The minimum Gasteiger partial charge on any atom is -0.357 e. The fraction of sp³-hybridized carbons (Fsp3) is 0.391. The monoisotopic (exact) mass is 411 g/mol. The maximum Gasteiger partial charge on any atom is 0.255 e. The summed E-state index contributed by atoms with van der Waals surface area (Å²) < 4.78 is 19.8. The molecule has 2 amide bonds. The van der Waals surface area contributed by atoms with E-state index in [0.717, 1.165) is 19.5 Å². The molecule has 30 heavy (non-hydrogen) atoms. The first-order chi connectivity index (χ1) is 14.4. The lowest BCUT2D eigenvalue weighted by atomic mass is 9.98. The second-order valence-electron chi connectivity index (χ2n) is 8.13. The number of halogens is 1. The van der Waals surface area contributed by atoms with Gasteiger partial charge in [0.05, 0.1) is 13.1 Å². The van der Waals surface area contributed by atoms with E-state index in [-0.39, 0.29) is 18.4 Å². The first-order valence-corrected chi connectivity index (χ1v) is 10.2. The third-order valence-corrected chi connectivity index (χ3v) is 5.73. The van der Waals surface area contributed by atoms with E-state index >= 15 is 0 Å². The molecule has 1 N–H and O–H groups in total. The van der Waals surface area contributed by atoms with Crippen LogP contribution in [-0.2, 0) is 20.9 Å². The quantitative estimate of drug-likeness (QED) is 0.840. The summed E-state index contributed by atoms with van der Waals surface area (Å²) in [5, 5.41) is 2.71. The Morgan fingerprint density at radius 1 is 1.17 bits per heavy atom. The van der Waals surface area contributed by atoms with Crippen molar-refractivity contribution in [2.24, 2.45) is 0 Å². The van der Waals surface area contributed by atoms with E-state index in [1.54, 1.807) is 11.0 Å². The summed E-state index contributed by atoms with van der Waals surface area (Å²) in [6.07, 6.45) is -0.0597. The molecule has 0 saturated carbocycles. The second kappa shape index (κ2) is 8.53. The normalized spacial score (nSPS) is 24.2. The van der Waals surface area contributed by atoms with Gasteiger partial charge >= 0.3 is 0 Å². The zero-order chi connectivity index (χ0) is 21.1. The van der Waals surface area contributed by atoms with Crippen molar-refractivity contribution in [1.82, 2.24) is 9.80 Å².